The van der Waals surface area contributed by atoms with E-state index in [4.69, 9.17) is 9.11 Å². The van der Waals surface area contributed by atoms with Crippen molar-refractivity contribution in [1.29, 1.82) is 0 Å². The molecule has 5 heteroatoms. The predicted molar refractivity (Wildman–Crippen MR) is 52.1 cm³/mol. The van der Waals surface area contributed by atoms with Gasteiger partial charge in [-0.2, -0.15) is 0 Å². The molecule has 0 aromatic rings. The molecule has 1 atom stereocenters. The summed E-state index contributed by atoms with van der Waals surface area (Å²) in [7, 11) is -4.16. The van der Waals surface area contributed by atoms with Crippen LogP contribution in [0.3, 0.4) is 0 Å². The monoisotopic (exact) mass is 207 g/mol. The fourth-order valence-corrected chi connectivity index (χ4v) is 3.55. The lowest BCUT2D eigenvalue weighted by Gasteiger charge is -2.23. The summed E-state index contributed by atoms with van der Waals surface area (Å²) in [5.74, 6) is 0.0215. The second-order valence-electron chi connectivity index (χ2n) is 4.24. The minimum atomic E-state index is -4.16. The third-order valence-electron chi connectivity index (χ3n) is 2.95. The molecule has 0 amide bonds. The largest absolute Gasteiger partial charge is 0.306 e. The molecule has 3 N–H and O–H groups in total. The molecule has 1 heterocycles. The van der Waals surface area contributed by atoms with E-state index in [1.807, 2.05) is 0 Å². The van der Waals surface area contributed by atoms with Crippen molar-refractivity contribution in [3.8, 4) is 0 Å². The summed E-state index contributed by atoms with van der Waals surface area (Å²) in [5, 5.41) is 2.50. The molecule has 2 fully saturated rings. The molecule has 1 aliphatic heterocycles. The Morgan fingerprint density at radius 3 is 2.15 bits per heavy atom. The van der Waals surface area contributed by atoms with Gasteiger partial charge in [-0.05, 0) is 12.8 Å². The van der Waals surface area contributed by atoms with E-state index in [0.29, 0.717) is 6.04 Å². The smallest absolute Gasteiger partial charge is 0.121 e. The van der Waals surface area contributed by atoms with Crippen molar-refractivity contribution >= 4 is 9.63 Å². The fourth-order valence-electron chi connectivity index (χ4n) is 1.96. The number of hydrogen-bond donors (Lipinski definition) is 3. The second-order valence-corrected chi connectivity index (χ2v) is 7.30. The van der Waals surface area contributed by atoms with Gasteiger partial charge in [0.1, 0.15) is 15.0 Å². The van der Waals surface area contributed by atoms with Gasteiger partial charge in [0.25, 0.3) is 0 Å². The molecule has 0 unspecified atom stereocenters. The predicted octanol–water partition coefficient (Wildman–Crippen LogP) is 1.01. The highest BCUT2D eigenvalue weighted by Crippen LogP contribution is 2.40. The summed E-state index contributed by atoms with van der Waals surface area (Å²) in [6.45, 7) is 0. The average molecular weight is 207 g/mol. The number of hydrogen-bond acceptors (Lipinski definition) is 2. The SMILES string of the molecule is O=S1(O)(O)C[C@H]1NC1CCCCC1. The Kier molecular flexibility index (Phi) is 2.03. The van der Waals surface area contributed by atoms with Gasteiger partial charge in [0.15, 0.2) is 0 Å². The molecule has 2 aliphatic rings. The standard InChI is InChI=1S/C8H17NO3S/c10-13(11,12)6-8(13)9-7-4-2-1-3-5-7/h7-9H,1-6H2,(H2,10,11,12)/t8-/m0/s1. The summed E-state index contributed by atoms with van der Waals surface area (Å²) in [6.07, 6.45) is 5.78. The van der Waals surface area contributed by atoms with Gasteiger partial charge in [0.05, 0.1) is 5.75 Å². The lowest BCUT2D eigenvalue weighted by Crippen LogP contribution is -2.37. The van der Waals surface area contributed by atoms with Crippen LogP contribution in [0.15, 0.2) is 0 Å². The number of nitrogens with one attached hydrogen (secondary N) is 1. The van der Waals surface area contributed by atoms with Crippen LogP contribution in [-0.4, -0.2) is 30.5 Å². The van der Waals surface area contributed by atoms with Crippen LogP contribution in [0.25, 0.3) is 0 Å². The van der Waals surface area contributed by atoms with Crippen molar-refractivity contribution in [2.75, 3.05) is 5.75 Å². The third kappa shape index (κ3) is 2.10. The third-order valence-corrected chi connectivity index (χ3v) is 4.93. The quantitative estimate of drug-likeness (QED) is 0.591. The Hall–Kier alpha value is 0.0300. The Morgan fingerprint density at radius 2 is 1.69 bits per heavy atom. The Morgan fingerprint density at radius 1 is 1.15 bits per heavy atom. The van der Waals surface area contributed by atoms with Crippen LogP contribution in [0.1, 0.15) is 32.1 Å². The van der Waals surface area contributed by atoms with Crippen LogP contribution in [-0.2, 0) is 9.63 Å². The fraction of sp³-hybridized carbons (Fsp3) is 1.00. The molecule has 1 aliphatic carbocycles. The first kappa shape index (κ1) is 9.58. The zero-order valence-corrected chi connectivity index (χ0v) is 8.42. The first-order valence-corrected chi connectivity index (χ1v) is 6.97. The van der Waals surface area contributed by atoms with Gasteiger partial charge in [0, 0.05) is 6.04 Å². The molecule has 0 aromatic heterocycles. The van der Waals surface area contributed by atoms with Gasteiger partial charge in [-0.15, -0.1) is 0 Å². The van der Waals surface area contributed by atoms with Gasteiger partial charge in [-0.3, -0.25) is 5.32 Å². The van der Waals surface area contributed by atoms with Crippen molar-refractivity contribution < 1.29 is 13.3 Å². The first-order chi connectivity index (χ1) is 5.96. The molecule has 2 rings (SSSR count). The van der Waals surface area contributed by atoms with Crippen LogP contribution >= 0.6 is 0 Å². The van der Waals surface area contributed by atoms with Crippen molar-refractivity contribution in [2.45, 2.75) is 43.5 Å². The summed E-state index contributed by atoms with van der Waals surface area (Å²) in [4.78, 5) is 0. The summed E-state index contributed by atoms with van der Waals surface area (Å²) in [6, 6.07) is 0.338. The topological polar surface area (TPSA) is 69.6 Å². The van der Waals surface area contributed by atoms with Crippen LogP contribution < -0.4 is 5.32 Å². The molecule has 0 aromatic carbocycles. The van der Waals surface area contributed by atoms with Gasteiger partial charge in [0.2, 0.25) is 0 Å². The Balaban J connectivity index is 1.83. The molecule has 0 spiro atoms. The minimum absolute atomic E-state index is 0.0215. The van der Waals surface area contributed by atoms with E-state index in [0.717, 1.165) is 12.8 Å². The summed E-state index contributed by atoms with van der Waals surface area (Å²) in [5.41, 5.74) is 0. The molecule has 1 saturated carbocycles. The molecular weight excluding hydrogens is 190 g/mol. The Labute approximate surface area is 78.1 Å². The van der Waals surface area contributed by atoms with Gasteiger partial charge in [-0.1, -0.05) is 19.3 Å². The maximum Gasteiger partial charge on any atom is 0.121 e. The zero-order valence-electron chi connectivity index (χ0n) is 7.61. The molecule has 0 radical (unpaired) electrons. The maximum atomic E-state index is 11.2. The minimum Gasteiger partial charge on any atom is -0.306 e. The zero-order chi connectivity index (χ0) is 9.55. The normalized spacial score (nSPS) is 40.5. The summed E-state index contributed by atoms with van der Waals surface area (Å²) < 4.78 is 29.4. The van der Waals surface area contributed by atoms with Crippen molar-refractivity contribution in [3.05, 3.63) is 0 Å². The van der Waals surface area contributed by atoms with Gasteiger partial charge < -0.3 is 9.11 Å². The molecule has 4 nitrogen and oxygen atoms in total. The van der Waals surface area contributed by atoms with Crippen LogP contribution in [0, 0.1) is 0 Å². The average Bonchev–Trinajstić information content (AvgIpc) is 2.54. The molecule has 0 bridgehead atoms. The lowest BCUT2D eigenvalue weighted by molar-refractivity contribution is 0.365. The Bertz CT molecular complexity index is 267. The van der Waals surface area contributed by atoms with E-state index in [1.54, 1.807) is 0 Å². The van der Waals surface area contributed by atoms with Crippen LogP contribution in [0.4, 0.5) is 0 Å². The van der Waals surface area contributed by atoms with Crippen LogP contribution in [0.2, 0.25) is 0 Å². The highest BCUT2D eigenvalue weighted by atomic mass is 32.3. The van der Waals surface area contributed by atoms with Crippen molar-refractivity contribution in [3.63, 3.8) is 0 Å². The first-order valence-electron chi connectivity index (χ1n) is 4.86. The molecule has 13 heavy (non-hydrogen) atoms. The molecule has 1 saturated heterocycles. The second kappa shape index (κ2) is 2.76. The van der Waals surface area contributed by atoms with Crippen molar-refractivity contribution in [2.24, 2.45) is 0 Å². The van der Waals surface area contributed by atoms with Crippen LogP contribution in [0.5, 0.6) is 0 Å². The number of rotatable bonds is 2. The highest BCUT2D eigenvalue weighted by molar-refractivity contribution is 8.17. The van der Waals surface area contributed by atoms with E-state index in [-0.39, 0.29) is 5.75 Å². The lowest BCUT2D eigenvalue weighted by atomic mass is 9.96. The van der Waals surface area contributed by atoms with E-state index >= 15 is 0 Å². The van der Waals surface area contributed by atoms with E-state index in [2.05, 4.69) is 5.32 Å². The highest BCUT2D eigenvalue weighted by Gasteiger charge is 2.59. The van der Waals surface area contributed by atoms with Gasteiger partial charge in [-0.25, -0.2) is 4.21 Å². The van der Waals surface area contributed by atoms with Crippen molar-refractivity contribution in [1.82, 2.24) is 5.32 Å². The van der Waals surface area contributed by atoms with Gasteiger partial charge >= 0.3 is 0 Å². The van der Waals surface area contributed by atoms with E-state index < -0.39 is 15.0 Å². The maximum absolute atomic E-state index is 11.2. The summed E-state index contributed by atoms with van der Waals surface area (Å²) >= 11 is 0. The molecular formula is C8H17NO3S. The van der Waals surface area contributed by atoms with E-state index in [9.17, 15) is 4.21 Å². The van der Waals surface area contributed by atoms with E-state index in [1.165, 1.54) is 19.3 Å². The molecule has 78 valence electrons.